The molecule has 0 spiro atoms. The van der Waals surface area contributed by atoms with Gasteiger partial charge in [-0.1, -0.05) is 17.7 Å². The zero-order valence-electron chi connectivity index (χ0n) is 12.2. The summed E-state index contributed by atoms with van der Waals surface area (Å²) in [5.41, 5.74) is 2.29. The van der Waals surface area contributed by atoms with Crippen molar-refractivity contribution in [3.8, 4) is 0 Å². The van der Waals surface area contributed by atoms with E-state index in [1.165, 1.54) is 5.56 Å². The fraction of sp³-hybridized carbons (Fsp3) is 0.600. The van der Waals surface area contributed by atoms with Crippen molar-refractivity contribution in [3.05, 3.63) is 28.8 Å². The number of nitrogens with one attached hydrogen (secondary N) is 1. The molecule has 19 heavy (non-hydrogen) atoms. The molecule has 1 aliphatic heterocycles. The van der Waals surface area contributed by atoms with E-state index in [1.807, 2.05) is 7.05 Å². The van der Waals surface area contributed by atoms with Crippen LogP contribution in [0.5, 0.6) is 0 Å². The fourth-order valence-electron chi connectivity index (χ4n) is 2.48. The highest BCUT2D eigenvalue weighted by Gasteiger charge is 2.31. The van der Waals surface area contributed by atoms with Gasteiger partial charge in [0.05, 0.1) is 29.5 Å². The number of hydrogen-bond donors (Lipinski definition) is 1. The monoisotopic (exact) mass is 282 g/mol. The smallest absolute Gasteiger partial charge is 0.0694 e. The van der Waals surface area contributed by atoms with Crippen molar-refractivity contribution >= 4 is 17.3 Å². The average Bonchev–Trinajstić information content (AvgIpc) is 2.38. The lowest BCUT2D eigenvalue weighted by Crippen LogP contribution is -2.53. The van der Waals surface area contributed by atoms with Crippen LogP contribution in [0, 0.1) is 0 Å². The Kier molecular flexibility index (Phi) is 4.39. The van der Waals surface area contributed by atoms with Crippen LogP contribution in [0.25, 0.3) is 0 Å². The number of benzene rings is 1. The summed E-state index contributed by atoms with van der Waals surface area (Å²) in [7, 11) is 1.96. The second-order valence-corrected chi connectivity index (χ2v) is 6.15. The highest BCUT2D eigenvalue weighted by atomic mass is 35.5. The molecule has 1 aromatic carbocycles. The van der Waals surface area contributed by atoms with Gasteiger partial charge in [0.1, 0.15) is 0 Å². The molecule has 0 amide bonds. The molecule has 0 bridgehead atoms. The van der Waals surface area contributed by atoms with Crippen molar-refractivity contribution in [2.45, 2.75) is 32.4 Å². The number of morpholine rings is 1. The Morgan fingerprint density at radius 3 is 2.74 bits per heavy atom. The van der Waals surface area contributed by atoms with Crippen LogP contribution in [0.15, 0.2) is 18.2 Å². The summed E-state index contributed by atoms with van der Waals surface area (Å²) in [6, 6.07) is 6.64. The van der Waals surface area contributed by atoms with E-state index in [9.17, 15) is 0 Å². The molecule has 0 saturated carbocycles. The topological polar surface area (TPSA) is 24.5 Å². The van der Waals surface area contributed by atoms with E-state index in [0.717, 1.165) is 30.5 Å². The predicted octanol–water partition coefficient (Wildman–Crippen LogP) is 3.24. The molecule has 0 aliphatic carbocycles. The van der Waals surface area contributed by atoms with Crippen LogP contribution in [-0.2, 0) is 4.74 Å². The summed E-state index contributed by atoms with van der Waals surface area (Å²) in [6.45, 7) is 8.88. The lowest BCUT2D eigenvalue weighted by Gasteiger charge is -2.44. The second-order valence-electron chi connectivity index (χ2n) is 5.74. The van der Waals surface area contributed by atoms with Crippen LogP contribution in [0.1, 0.15) is 32.4 Å². The molecule has 0 radical (unpaired) electrons. The summed E-state index contributed by atoms with van der Waals surface area (Å²) in [4.78, 5) is 2.34. The standard InChI is InChI=1S/C15H23ClN2O/c1-11(17-4)12-5-6-14(13(16)9-12)18-7-8-19-10-15(18,2)3/h5-6,9,11,17H,7-8,10H2,1-4H3. The van der Waals surface area contributed by atoms with E-state index in [1.54, 1.807) is 0 Å². The molecule has 1 N–H and O–H groups in total. The van der Waals surface area contributed by atoms with E-state index >= 15 is 0 Å². The molecule has 1 unspecified atom stereocenters. The molecule has 4 heteroatoms. The molecule has 1 saturated heterocycles. The van der Waals surface area contributed by atoms with E-state index < -0.39 is 0 Å². The van der Waals surface area contributed by atoms with Gasteiger partial charge in [-0.3, -0.25) is 0 Å². The number of ether oxygens (including phenoxy) is 1. The highest BCUT2D eigenvalue weighted by Crippen LogP contribution is 2.34. The third-order valence-electron chi connectivity index (χ3n) is 3.84. The van der Waals surface area contributed by atoms with Gasteiger partial charge >= 0.3 is 0 Å². The Balaban J connectivity index is 2.30. The summed E-state index contributed by atoms with van der Waals surface area (Å²) >= 11 is 6.48. The summed E-state index contributed by atoms with van der Waals surface area (Å²) in [5, 5.41) is 4.05. The Bertz CT molecular complexity index is 448. The Labute approximate surface area is 120 Å². The van der Waals surface area contributed by atoms with E-state index in [4.69, 9.17) is 16.3 Å². The second kappa shape index (κ2) is 5.70. The molecule has 1 aliphatic rings. The van der Waals surface area contributed by atoms with Gasteiger partial charge in [0.15, 0.2) is 0 Å². The lowest BCUT2D eigenvalue weighted by atomic mass is 10.0. The van der Waals surface area contributed by atoms with Gasteiger partial charge in [-0.15, -0.1) is 0 Å². The Morgan fingerprint density at radius 2 is 2.16 bits per heavy atom. The summed E-state index contributed by atoms with van der Waals surface area (Å²) < 4.78 is 5.56. The first-order valence-electron chi connectivity index (χ1n) is 6.78. The first-order valence-corrected chi connectivity index (χ1v) is 7.15. The molecule has 3 nitrogen and oxygen atoms in total. The van der Waals surface area contributed by atoms with Gasteiger partial charge in [0, 0.05) is 12.6 Å². The number of hydrogen-bond acceptors (Lipinski definition) is 3. The zero-order chi connectivity index (χ0) is 14.0. The van der Waals surface area contributed by atoms with Crippen molar-refractivity contribution in [2.75, 3.05) is 31.7 Å². The van der Waals surface area contributed by atoms with Crippen LogP contribution in [0.2, 0.25) is 5.02 Å². The van der Waals surface area contributed by atoms with Gasteiger partial charge in [-0.05, 0) is 45.5 Å². The normalized spacial score (nSPS) is 20.4. The van der Waals surface area contributed by atoms with Crippen LogP contribution in [0.3, 0.4) is 0 Å². The van der Waals surface area contributed by atoms with Gasteiger partial charge in [-0.25, -0.2) is 0 Å². The quantitative estimate of drug-likeness (QED) is 0.921. The van der Waals surface area contributed by atoms with E-state index in [-0.39, 0.29) is 5.54 Å². The van der Waals surface area contributed by atoms with Gasteiger partial charge in [0.25, 0.3) is 0 Å². The van der Waals surface area contributed by atoms with Gasteiger partial charge in [0.2, 0.25) is 0 Å². The highest BCUT2D eigenvalue weighted by molar-refractivity contribution is 6.33. The number of halogens is 1. The van der Waals surface area contributed by atoms with E-state index in [2.05, 4.69) is 49.2 Å². The first kappa shape index (κ1) is 14.6. The largest absolute Gasteiger partial charge is 0.377 e. The minimum absolute atomic E-state index is 0.0158. The third-order valence-corrected chi connectivity index (χ3v) is 4.14. The predicted molar refractivity (Wildman–Crippen MR) is 81.2 cm³/mol. The molecule has 1 fully saturated rings. The molecular formula is C15H23ClN2O. The Hall–Kier alpha value is -0.770. The summed E-state index contributed by atoms with van der Waals surface area (Å²) in [6.07, 6.45) is 0. The van der Waals surface area contributed by atoms with Crippen molar-refractivity contribution < 1.29 is 4.74 Å². The maximum Gasteiger partial charge on any atom is 0.0694 e. The average molecular weight is 283 g/mol. The van der Waals surface area contributed by atoms with E-state index in [0.29, 0.717) is 6.04 Å². The molecule has 2 rings (SSSR count). The van der Waals surface area contributed by atoms with Gasteiger partial charge in [-0.2, -0.15) is 0 Å². The fourth-order valence-corrected chi connectivity index (χ4v) is 2.77. The van der Waals surface area contributed by atoms with Crippen LogP contribution < -0.4 is 10.2 Å². The van der Waals surface area contributed by atoms with Crippen LogP contribution >= 0.6 is 11.6 Å². The molecule has 1 aromatic rings. The molecule has 1 heterocycles. The third kappa shape index (κ3) is 3.04. The minimum Gasteiger partial charge on any atom is -0.377 e. The number of rotatable bonds is 3. The number of anilines is 1. The molecule has 0 aromatic heterocycles. The number of nitrogens with zero attached hydrogens (tertiary/aromatic N) is 1. The van der Waals surface area contributed by atoms with Crippen LogP contribution in [-0.4, -0.2) is 32.3 Å². The first-order chi connectivity index (χ1) is 8.95. The van der Waals surface area contributed by atoms with Gasteiger partial charge < -0.3 is 15.0 Å². The lowest BCUT2D eigenvalue weighted by molar-refractivity contribution is 0.0644. The maximum atomic E-state index is 6.48. The molecular weight excluding hydrogens is 260 g/mol. The zero-order valence-corrected chi connectivity index (χ0v) is 12.9. The van der Waals surface area contributed by atoms with Crippen molar-refractivity contribution in [3.63, 3.8) is 0 Å². The minimum atomic E-state index is -0.0158. The van der Waals surface area contributed by atoms with Crippen LogP contribution in [0.4, 0.5) is 5.69 Å². The van der Waals surface area contributed by atoms with Crippen molar-refractivity contribution in [2.24, 2.45) is 0 Å². The molecule has 106 valence electrons. The van der Waals surface area contributed by atoms with Crippen molar-refractivity contribution in [1.29, 1.82) is 0 Å². The Morgan fingerprint density at radius 1 is 1.42 bits per heavy atom. The molecule has 1 atom stereocenters. The maximum absolute atomic E-state index is 6.48. The SMILES string of the molecule is CNC(C)c1ccc(N2CCOCC2(C)C)c(Cl)c1. The summed E-state index contributed by atoms with van der Waals surface area (Å²) in [5.74, 6) is 0. The van der Waals surface area contributed by atoms with Crippen molar-refractivity contribution in [1.82, 2.24) is 5.32 Å².